The van der Waals surface area contributed by atoms with Crippen molar-refractivity contribution in [3.63, 3.8) is 0 Å². The summed E-state index contributed by atoms with van der Waals surface area (Å²) in [7, 11) is 0. The van der Waals surface area contributed by atoms with Crippen LogP contribution in [0.4, 0.5) is 34.1 Å². The molecular formula is C65H60BN3S. The van der Waals surface area contributed by atoms with Crippen molar-refractivity contribution in [2.75, 3.05) is 9.80 Å². The van der Waals surface area contributed by atoms with Crippen LogP contribution in [0.15, 0.2) is 164 Å². The third kappa shape index (κ3) is 6.13. The summed E-state index contributed by atoms with van der Waals surface area (Å²) in [4.78, 5) is 5.31. The second kappa shape index (κ2) is 14.6. The molecule has 0 amide bonds. The number of aromatic nitrogens is 1. The minimum absolute atomic E-state index is 0.00626. The van der Waals surface area contributed by atoms with E-state index in [1.165, 1.54) is 121 Å². The average Bonchev–Trinajstić information content (AvgIpc) is 3.95. The van der Waals surface area contributed by atoms with Crippen molar-refractivity contribution < 1.29 is 0 Å². The summed E-state index contributed by atoms with van der Waals surface area (Å²) in [5, 5.41) is 3.85. The molecule has 0 bridgehead atoms. The number of benzene rings is 8. The summed E-state index contributed by atoms with van der Waals surface area (Å²) < 4.78 is 5.26. The highest BCUT2D eigenvalue weighted by Crippen LogP contribution is 2.56. The van der Waals surface area contributed by atoms with Crippen molar-refractivity contribution in [1.29, 1.82) is 0 Å². The summed E-state index contributed by atoms with van der Waals surface area (Å²) in [5.41, 5.74) is 23.0. The molecule has 3 aliphatic rings. The van der Waals surface area contributed by atoms with Gasteiger partial charge in [0.2, 0.25) is 0 Å². The zero-order chi connectivity index (χ0) is 48.4. The Morgan fingerprint density at radius 3 is 1.73 bits per heavy atom. The van der Waals surface area contributed by atoms with Crippen LogP contribution in [-0.2, 0) is 21.7 Å². The van der Waals surface area contributed by atoms with E-state index in [1.54, 1.807) is 0 Å². The zero-order valence-corrected chi connectivity index (χ0v) is 43.2. The van der Waals surface area contributed by atoms with E-state index in [2.05, 4.69) is 254 Å². The predicted molar refractivity (Wildman–Crippen MR) is 304 cm³/mol. The van der Waals surface area contributed by atoms with Gasteiger partial charge in [-0.05, 0) is 133 Å². The second-order valence-corrected chi connectivity index (χ2v) is 24.9. The van der Waals surface area contributed by atoms with Crippen LogP contribution in [0, 0.1) is 0 Å². The number of fused-ring (bicyclic) bond motifs is 13. The molecule has 0 radical (unpaired) electrons. The Labute approximate surface area is 418 Å². The number of anilines is 6. The second-order valence-electron chi connectivity index (χ2n) is 23.8. The van der Waals surface area contributed by atoms with Crippen LogP contribution in [0.5, 0.6) is 0 Å². The van der Waals surface area contributed by atoms with Crippen LogP contribution in [0.1, 0.15) is 104 Å². The highest BCUT2D eigenvalue weighted by atomic mass is 32.1. The molecule has 0 saturated carbocycles. The third-order valence-electron chi connectivity index (χ3n) is 16.0. The van der Waals surface area contributed by atoms with E-state index in [-0.39, 0.29) is 28.4 Å². The molecule has 4 heterocycles. The van der Waals surface area contributed by atoms with Crippen molar-refractivity contribution in [3.05, 3.63) is 192 Å². The molecule has 70 heavy (non-hydrogen) atoms. The maximum Gasteiger partial charge on any atom is 0.264 e. The number of hydrogen-bond acceptors (Lipinski definition) is 3. The van der Waals surface area contributed by atoms with Crippen LogP contribution in [0.2, 0.25) is 0 Å². The Morgan fingerprint density at radius 1 is 0.457 bits per heavy atom. The van der Waals surface area contributed by atoms with E-state index in [1.807, 2.05) is 11.3 Å². The topological polar surface area (TPSA) is 11.4 Å². The van der Waals surface area contributed by atoms with E-state index in [0.29, 0.717) is 0 Å². The van der Waals surface area contributed by atoms with E-state index in [4.69, 9.17) is 0 Å². The lowest BCUT2D eigenvalue weighted by atomic mass is 9.36. The van der Waals surface area contributed by atoms with Crippen LogP contribution in [-0.4, -0.2) is 11.3 Å². The van der Waals surface area contributed by atoms with E-state index in [9.17, 15) is 0 Å². The van der Waals surface area contributed by atoms with Gasteiger partial charge in [0.15, 0.2) is 0 Å². The molecule has 0 unspecified atom stereocenters. The van der Waals surface area contributed by atoms with Crippen LogP contribution < -0.4 is 25.5 Å². The SMILES string of the molecule is CC(C)(C)c1ccc(N2c3ccc(C(C)(C)C)cc3B3c4sc5cc6c(cc5c4N(c4ccc(C(C)(C)C)cc4)c4c3c2cc2c4c3ccccc3n2-c2ccccc2)-c2ccccc2C6(C)C)cc1. The van der Waals surface area contributed by atoms with Gasteiger partial charge in [-0.3, -0.25) is 0 Å². The van der Waals surface area contributed by atoms with Gasteiger partial charge < -0.3 is 14.4 Å². The predicted octanol–water partition coefficient (Wildman–Crippen LogP) is 16.3. The van der Waals surface area contributed by atoms with Crippen molar-refractivity contribution in [1.82, 2.24) is 4.57 Å². The van der Waals surface area contributed by atoms with Gasteiger partial charge in [-0.2, -0.15) is 0 Å². The van der Waals surface area contributed by atoms with Crippen LogP contribution in [0.3, 0.4) is 0 Å². The highest BCUT2D eigenvalue weighted by Gasteiger charge is 2.48. The molecule has 3 nitrogen and oxygen atoms in total. The molecule has 344 valence electrons. The molecule has 2 aliphatic heterocycles. The molecule has 8 aromatic carbocycles. The zero-order valence-electron chi connectivity index (χ0n) is 42.4. The summed E-state index contributed by atoms with van der Waals surface area (Å²) in [5.74, 6) is 0. The maximum atomic E-state index is 2.71. The molecular weight excluding hydrogens is 866 g/mol. The van der Waals surface area contributed by atoms with Gasteiger partial charge >= 0.3 is 0 Å². The lowest BCUT2D eigenvalue weighted by molar-refractivity contribution is 0.590. The first kappa shape index (κ1) is 43.2. The van der Waals surface area contributed by atoms with Gasteiger partial charge in [-0.15, -0.1) is 11.3 Å². The van der Waals surface area contributed by atoms with Crippen LogP contribution >= 0.6 is 11.3 Å². The molecule has 5 heteroatoms. The number of thiophene rings is 1. The smallest absolute Gasteiger partial charge is 0.264 e. The number of rotatable bonds is 3. The maximum absolute atomic E-state index is 2.71. The van der Waals surface area contributed by atoms with Gasteiger partial charge in [0.05, 0.1) is 22.4 Å². The van der Waals surface area contributed by atoms with Gasteiger partial charge in [0, 0.05) is 59.5 Å². The first-order chi connectivity index (χ1) is 33.4. The summed E-state index contributed by atoms with van der Waals surface area (Å²) in [6.07, 6.45) is 0. The molecule has 0 atom stereocenters. The lowest BCUT2D eigenvalue weighted by Crippen LogP contribution is -2.60. The highest BCUT2D eigenvalue weighted by molar-refractivity contribution is 7.33. The first-order valence-electron chi connectivity index (χ1n) is 25.2. The quantitative estimate of drug-likeness (QED) is 0.164. The Balaban J connectivity index is 1.23. The fraction of sp³-hybridized carbons (Fsp3) is 0.231. The third-order valence-corrected chi connectivity index (χ3v) is 17.2. The minimum Gasteiger partial charge on any atom is -0.311 e. The fourth-order valence-electron chi connectivity index (χ4n) is 12.3. The Hall–Kier alpha value is -6.82. The largest absolute Gasteiger partial charge is 0.311 e. The molecule has 13 rings (SSSR count). The van der Waals surface area contributed by atoms with Crippen molar-refractivity contribution in [2.45, 2.75) is 97.8 Å². The van der Waals surface area contributed by atoms with Crippen molar-refractivity contribution in [3.8, 4) is 16.8 Å². The van der Waals surface area contributed by atoms with E-state index in [0.717, 1.165) is 5.69 Å². The average molecular weight is 926 g/mol. The van der Waals surface area contributed by atoms with Crippen LogP contribution in [0.25, 0.3) is 48.7 Å². The summed E-state index contributed by atoms with van der Waals surface area (Å²) in [6, 6.07) is 63.3. The number of nitrogens with zero attached hydrogens (tertiary/aromatic N) is 3. The molecule has 2 aromatic heterocycles. The van der Waals surface area contributed by atoms with Gasteiger partial charge in [0.25, 0.3) is 6.71 Å². The van der Waals surface area contributed by atoms with E-state index >= 15 is 0 Å². The Morgan fingerprint density at radius 2 is 1.06 bits per heavy atom. The van der Waals surface area contributed by atoms with Gasteiger partial charge in [-0.1, -0.05) is 173 Å². The van der Waals surface area contributed by atoms with Crippen molar-refractivity contribution in [2.24, 2.45) is 0 Å². The van der Waals surface area contributed by atoms with Crippen molar-refractivity contribution >= 4 is 99.8 Å². The molecule has 1 aliphatic carbocycles. The minimum atomic E-state index is -0.114. The number of hydrogen-bond donors (Lipinski definition) is 0. The molecule has 0 fully saturated rings. The fourth-order valence-corrected chi connectivity index (χ4v) is 13.6. The number of para-hydroxylation sites is 2. The Bertz CT molecular complexity index is 3790. The summed E-state index contributed by atoms with van der Waals surface area (Å²) in [6.45, 7) is 25.8. The normalized spacial score (nSPS) is 14.8. The van der Waals surface area contributed by atoms with E-state index < -0.39 is 0 Å². The molecule has 0 spiro atoms. The summed E-state index contributed by atoms with van der Waals surface area (Å²) >= 11 is 2.01. The Kier molecular flexibility index (Phi) is 9.03. The lowest BCUT2D eigenvalue weighted by Gasteiger charge is -2.44. The molecule has 0 saturated heterocycles. The monoisotopic (exact) mass is 925 g/mol. The first-order valence-corrected chi connectivity index (χ1v) is 26.0. The van der Waals surface area contributed by atoms with Gasteiger partial charge in [-0.25, -0.2) is 0 Å². The van der Waals surface area contributed by atoms with Gasteiger partial charge in [0.1, 0.15) is 0 Å². The molecule has 10 aromatic rings. The molecule has 0 N–H and O–H groups in total. The standard InChI is InChI=1S/C65H60BN3S/c1-62(2,3)39-25-30-43(31-26-39)68-53-34-29-41(64(7,8)9)35-51(53)66-58-55(68)38-54-57(46-22-16-18-24-52(46)67(54)42-19-13-12-14-20-42)60(58)69(44-32-27-40(28-33-44)63(4,5)6)59-48-36-47-45-21-15-17-23-49(45)65(10,11)50(47)37-56(48)70-61(59)66/h12-38H,1-11H3.